The Morgan fingerprint density at radius 1 is 1.32 bits per heavy atom. The Balaban J connectivity index is 0.00000180. The second kappa shape index (κ2) is 7.52. The van der Waals surface area contributed by atoms with E-state index in [0.717, 1.165) is 25.7 Å². The van der Waals surface area contributed by atoms with E-state index in [1.165, 1.54) is 12.1 Å². The first-order chi connectivity index (χ1) is 8.49. The fourth-order valence-corrected chi connectivity index (χ4v) is 3.22. The number of hydrogen-bond donors (Lipinski definition) is 1. The summed E-state index contributed by atoms with van der Waals surface area (Å²) in [5.74, 6) is -0.472. The summed E-state index contributed by atoms with van der Waals surface area (Å²) in [5, 5.41) is 9.73. The summed E-state index contributed by atoms with van der Waals surface area (Å²) >= 11 is 12.0. The molecular formula is C13H15Cl2FKNO. The molecule has 0 bridgehead atoms. The van der Waals surface area contributed by atoms with E-state index in [2.05, 4.69) is 5.48 Å². The fourth-order valence-electron chi connectivity index (χ4n) is 2.80. The summed E-state index contributed by atoms with van der Waals surface area (Å²) in [6.45, 7) is 2.00. The van der Waals surface area contributed by atoms with Gasteiger partial charge in [-0.1, -0.05) is 49.0 Å². The van der Waals surface area contributed by atoms with Gasteiger partial charge in [-0.2, -0.15) is 0 Å². The molecule has 2 nitrogen and oxygen atoms in total. The molecule has 6 heteroatoms. The molecule has 1 aromatic rings. The van der Waals surface area contributed by atoms with Gasteiger partial charge in [0.2, 0.25) is 0 Å². The van der Waals surface area contributed by atoms with E-state index in [-0.39, 0.29) is 72.4 Å². The van der Waals surface area contributed by atoms with Crippen LogP contribution < -0.4 is 51.4 Å². The molecule has 0 amide bonds. The summed E-state index contributed by atoms with van der Waals surface area (Å²) in [7, 11) is 0. The van der Waals surface area contributed by atoms with Gasteiger partial charge in [0.1, 0.15) is 5.82 Å². The van der Waals surface area contributed by atoms with Crippen molar-refractivity contribution >= 4 is 23.2 Å². The number of benzene rings is 1. The second-order valence-corrected chi connectivity index (χ2v) is 5.92. The Morgan fingerprint density at radius 2 is 1.89 bits per heavy atom. The number of halogens is 3. The molecule has 100 valence electrons. The van der Waals surface area contributed by atoms with Gasteiger partial charge >= 0.3 is 51.4 Å². The molecule has 2 rings (SSSR count). The van der Waals surface area contributed by atoms with Crippen LogP contribution in [-0.2, 0) is 0 Å². The third-order valence-corrected chi connectivity index (χ3v) is 4.69. The van der Waals surface area contributed by atoms with Crippen LogP contribution in [0.15, 0.2) is 12.1 Å². The van der Waals surface area contributed by atoms with Crippen molar-refractivity contribution in [3.63, 3.8) is 0 Å². The average molecular weight is 330 g/mol. The molecule has 1 aromatic carbocycles. The summed E-state index contributed by atoms with van der Waals surface area (Å²) < 4.78 is 14.0. The van der Waals surface area contributed by atoms with Crippen molar-refractivity contribution in [3.05, 3.63) is 39.0 Å². The maximum atomic E-state index is 14.0. The predicted octanol–water partition coefficient (Wildman–Crippen LogP) is 2.52. The summed E-state index contributed by atoms with van der Waals surface area (Å²) in [4.78, 5) is 0. The van der Waals surface area contributed by atoms with Gasteiger partial charge in [-0.05, 0) is 36.0 Å². The molecule has 1 aliphatic carbocycles. The van der Waals surface area contributed by atoms with Gasteiger partial charge < -0.3 is 10.7 Å². The molecule has 0 aromatic heterocycles. The molecule has 1 saturated carbocycles. The first-order valence-corrected chi connectivity index (χ1v) is 6.73. The number of hydroxylamine groups is 1. The third-order valence-electron chi connectivity index (χ3n) is 3.87. The van der Waals surface area contributed by atoms with Crippen LogP contribution in [0.25, 0.3) is 5.48 Å². The molecule has 1 unspecified atom stereocenters. The topological polar surface area (TPSA) is 34.3 Å². The molecular weight excluding hydrogens is 315 g/mol. The van der Waals surface area contributed by atoms with Crippen molar-refractivity contribution in [2.24, 2.45) is 5.41 Å². The van der Waals surface area contributed by atoms with Crippen LogP contribution in [0, 0.1) is 11.2 Å². The Hall–Kier alpha value is 1.29. The van der Waals surface area contributed by atoms with Crippen LogP contribution in [0.5, 0.6) is 0 Å². The third kappa shape index (κ3) is 3.73. The Morgan fingerprint density at radius 3 is 2.42 bits per heavy atom. The van der Waals surface area contributed by atoms with Crippen LogP contribution >= 0.6 is 23.2 Å². The Bertz CT molecular complexity index is 453. The zero-order valence-corrected chi connectivity index (χ0v) is 15.7. The van der Waals surface area contributed by atoms with Crippen LogP contribution in [0.3, 0.4) is 0 Å². The minimum absolute atomic E-state index is 0. The molecule has 1 atom stereocenters. The minimum Gasteiger partial charge on any atom is -0.531 e. The SMILES string of the molecule is CC1(C([N-]O)c2c(F)ccc(Cl)c2Cl)CCCC1.[K+]. The predicted molar refractivity (Wildman–Crippen MR) is 70.9 cm³/mol. The first kappa shape index (κ1) is 18.3. The summed E-state index contributed by atoms with van der Waals surface area (Å²) in [6.07, 6.45) is 3.90. The molecule has 1 fully saturated rings. The van der Waals surface area contributed by atoms with Gasteiger partial charge in [0.25, 0.3) is 0 Å². The Labute approximate surface area is 165 Å². The van der Waals surface area contributed by atoms with E-state index in [0.29, 0.717) is 0 Å². The minimum atomic E-state index is -0.661. The van der Waals surface area contributed by atoms with Crippen molar-refractivity contribution in [3.8, 4) is 0 Å². The number of rotatable bonds is 3. The van der Waals surface area contributed by atoms with Crippen molar-refractivity contribution in [2.75, 3.05) is 0 Å². The van der Waals surface area contributed by atoms with Gasteiger partial charge in [0.15, 0.2) is 0 Å². The molecule has 0 spiro atoms. The van der Waals surface area contributed by atoms with Gasteiger partial charge in [0, 0.05) is 0 Å². The van der Waals surface area contributed by atoms with Crippen molar-refractivity contribution in [2.45, 2.75) is 38.6 Å². The van der Waals surface area contributed by atoms with E-state index >= 15 is 0 Å². The standard InChI is InChI=1S/C13H15Cl2FNO.K/c1-13(6-2-3-7-13)12(17-18)10-9(16)5-4-8(14)11(10)15;/h4-5,12,18H,2-3,6-7H2,1H3;/q-1;+1. The van der Waals surface area contributed by atoms with Crippen molar-refractivity contribution < 1.29 is 61.0 Å². The summed E-state index contributed by atoms with van der Waals surface area (Å²) in [5.41, 5.74) is 3.34. The first-order valence-electron chi connectivity index (χ1n) is 5.97. The molecule has 1 N–H and O–H groups in total. The monoisotopic (exact) mass is 329 g/mol. The van der Waals surface area contributed by atoms with Gasteiger partial charge in [0.05, 0.1) is 10.0 Å². The van der Waals surface area contributed by atoms with E-state index in [1.54, 1.807) is 0 Å². The largest absolute Gasteiger partial charge is 1.00 e. The van der Waals surface area contributed by atoms with E-state index in [4.69, 9.17) is 23.2 Å². The van der Waals surface area contributed by atoms with E-state index < -0.39 is 11.9 Å². The van der Waals surface area contributed by atoms with E-state index in [1.807, 2.05) is 6.92 Å². The normalized spacial score (nSPS) is 19.0. The van der Waals surface area contributed by atoms with Gasteiger partial charge in [-0.15, -0.1) is 0 Å². The van der Waals surface area contributed by atoms with Crippen LogP contribution in [0.4, 0.5) is 4.39 Å². The summed E-state index contributed by atoms with van der Waals surface area (Å²) in [6, 6.07) is 2.01. The zero-order chi connectivity index (χ0) is 13.3. The maximum absolute atomic E-state index is 14.0. The van der Waals surface area contributed by atoms with Crippen molar-refractivity contribution in [1.29, 1.82) is 0 Å². The maximum Gasteiger partial charge on any atom is 1.00 e. The van der Waals surface area contributed by atoms with Crippen molar-refractivity contribution in [1.82, 2.24) is 0 Å². The van der Waals surface area contributed by atoms with Crippen LogP contribution in [0.1, 0.15) is 44.2 Å². The van der Waals surface area contributed by atoms with Crippen LogP contribution in [-0.4, -0.2) is 5.21 Å². The smallest absolute Gasteiger partial charge is 0.531 e. The van der Waals surface area contributed by atoms with E-state index in [9.17, 15) is 9.60 Å². The average Bonchev–Trinajstić information content (AvgIpc) is 2.77. The molecule has 0 aliphatic heterocycles. The molecule has 0 saturated heterocycles. The fraction of sp³-hybridized carbons (Fsp3) is 0.538. The van der Waals surface area contributed by atoms with Gasteiger partial charge in [-0.3, -0.25) is 0 Å². The zero-order valence-electron chi connectivity index (χ0n) is 11.1. The molecule has 19 heavy (non-hydrogen) atoms. The molecule has 1 aliphatic rings. The Kier molecular flexibility index (Phi) is 7.26. The second-order valence-electron chi connectivity index (χ2n) is 5.14. The molecule has 0 heterocycles. The molecule has 0 radical (unpaired) electrons. The van der Waals surface area contributed by atoms with Gasteiger partial charge in [-0.25, -0.2) is 4.39 Å². The quantitative estimate of drug-likeness (QED) is 0.516. The number of hydrogen-bond acceptors (Lipinski definition) is 1. The van der Waals surface area contributed by atoms with Crippen LogP contribution in [0.2, 0.25) is 10.0 Å². The number of nitrogens with zero attached hydrogens (tertiary/aromatic N) is 1.